The Morgan fingerprint density at radius 3 is 2.59 bits per heavy atom. The normalized spacial score (nSPS) is 22.0. The highest BCUT2D eigenvalue weighted by Gasteiger charge is 2.24. The number of hydrogen-bond acceptors (Lipinski definition) is 3. The molecule has 0 saturated heterocycles. The predicted octanol–water partition coefficient (Wildman–Crippen LogP) is 4.64. The zero-order valence-corrected chi connectivity index (χ0v) is 13.3. The number of fused-ring (bicyclic) bond motifs is 1. The van der Waals surface area contributed by atoms with Crippen molar-refractivity contribution < 1.29 is 9.53 Å². The van der Waals surface area contributed by atoms with E-state index in [4.69, 9.17) is 4.74 Å². The van der Waals surface area contributed by atoms with E-state index in [-0.39, 0.29) is 0 Å². The number of benzene rings is 1. The van der Waals surface area contributed by atoms with Crippen LogP contribution >= 0.6 is 0 Å². The van der Waals surface area contributed by atoms with Gasteiger partial charge in [0.2, 0.25) is 0 Å². The Balaban J connectivity index is 1.68. The summed E-state index contributed by atoms with van der Waals surface area (Å²) < 4.78 is 6.15. The number of carbonyl (C=O) groups excluding carboxylic acids is 1. The Bertz CT molecular complexity index is 658. The summed E-state index contributed by atoms with van der Waals surface area (Å²) in [5.41, 5.74) is 1.30. The van der Waals surface area contributed by atoms with E-state index in [9.17, 15) is 4.79 Å². The average molecular weight is 297 g/mol. The fourth-order valence-corrected chi connectivity index (χ4v) is 3.32. The average Bonchev–Trinajstić information content (AvgIpc) is 2.55. The Morgan fingerprint density at radius 2 is 1.91 bits per heavy atom. The van der Waals surface area contributed by atoms with E-state index in [0.717, 1.165) is 47.6 Å². The molecule has 0 aliphatic heterocycles. The fourth-order valence-electron chi connectivity index (χ4n) is 3.32. The summed E-state index contributed by atoms with van der Waals surface area (Å²) >= 11 is 0. The second-order valence-electron chi connectivity index (χ2n) is 6.61. The molecule has 1 aliphatic carbocycles. The monoisotopic (exact) mass is 297 g/mol. The molecule has 3 nitrogen and oxygen atoms in total. The number of nitrogens with zero attached hydrogens (tertiary/aromatic N) is 1. The van der Waals surface area contributed by atoms with Gasteiger partial charge in [-0.3, -0.25) is 4.79 Å². The van der Waals surface area contributed by atoms with Crippen LogP contribution in [0.25, 0.3) is 10.9 Å². The summed E-state index contributed by atoms with van der Waals surface area (Å²) in [7, 11) is 0. The van der Waals surface area contributed by atoms with Crippen LogP contribution in [0.15, 0.2) is 30.3 Å². The van der Waals surface area contributed by atoms with Gasteiger partial charge in [0, 0.05) is 5.39 Å². The molecule has 0 radical (unpaired) electrons. The topological polar surface area (TPSA) is 39.2 Å². The smallest absolute Gasteiger partial charge is 0.168 e. The summed E-state index contributed by atoms with van der Waals surface area (Å²) in [6.07, 6.45) is 5.92. The van der Waals surface area contributed by atoms with Gasteiger partial charge in [0.25, 0.3) is 0 Å². The van der Waals surface area contributed by atoms with Crippen LogP contribution in [-0.4, -0.2) is 17.4 Å². The SMILES string of the molecule is CC(C)C1CCC(Oc2ccc3nc(C=O)ccc3c2)CC1. The first-order valence-corrected chi connectivity index (χ1v) is 8.18. The third kappa shape index (κ3) is 3.29. The maximum Gasteiger partial charge on any atom is 0.168 e. The van der Waals surface area contributed by atoms with Crippen molar-refractivity contribution in [2.45, 2.75) is 45.6 Å². The molecule has 0 unspecified atom stereocenters. The summed E-state index contributed by atoms with van der Waals surface area (Å²) in [6.45, 7) is 4.63. The number of ether oxygens (including phenoxy) is 1. The number of rotatable bonds is 4. The standard InChI is InChI=1S/C19H23NO2/c1-13(2)14-4-7-17(8-5-14)22-18-9-10-19-15(11-18)3-6-16(12-21)20-19/h3,6,9-14,17H,4-5,7-8H2,1-2H3. The van der Waals surface area contributed by atoms with Crippen molar-refractivity contribution in [1.29, 1.82) is 0 Å². The lowest BCUT2D eigenvalue weighted by Gasteiger charge is -2.31. The number of aldehydes is 1. The largest absolute Gasteiger partial charge is 0.490 e. The Labute approximate surface area is 131 Å². The maximum absolute atomic E-state index is 10.8. The van der Waals surface area contributed by atoms with Crippen molar-refractivity contribution in [3.05, 3.63) is 36.0 Å². The predicted molar refractivity (Wildman–Crippen MR) is 88.3 cm³/mol. The highest BCUT2D eigenvalue weighted by atomic mass is 16.5. The van der Waals surface area contributed by atoms with Gasteiger partial charge >= 0.3 is 0 Å². The molecular weight excluding hydrogens is 274 g/mol. The molecule has 1 heterocycles. The van der Waals surface area contributed by atoms with Crippen LogP contribution in [-0.2, 0) is 0 Å². The van der Waals surface area contributed by atoms with E-state index >= 15 is 0 Å². The van der Waals surface area contributed by atoms with Crippen LogP contribution < -0.4 is 4.74 Å². The van der Waals surface area contributed by atoms with Crippen molar-refractivity contribution >= 4 is 17.2 Å². The summed E-state index contributed by atoms with van der Waals surface area (Å²) in [5.74, 6) is 2.53. The van der Waals surface area contributed by atoms with Gasteiger partial charge in [-0.15, -0.1) is 0 Å². The second kappa shape index (κ2) is 6.47. The number of aromatic nitrogens is 1. The van der Waals surface area contributed by atoms with E-state index in [2.05, 4.69) is 18.8 Å². The van der Waals surface area contributed by atoms with Crippen LogP contribution in [0, 0.1) is 11.8 Å². The van der Waals surface area contributed by atoms with Crippen LogP contribution in [0.3, 0.4) is 0 Å². The highest BCUT2D eigenvalue weighted by molar-refractivity contribution is 5.84. The molecular formula is C19H23NO2. The molecule has 2 aromatic rings. The van der Waals surface area contributed by atoms with E-state index in [0.29, 0.717) is 11.8 Å². The number of carbonyl (C=O) groups is 1. The molecule has 0 amide bonds. The van der Waals surface area contributed by atoms with E-state index in [1.165, 1.54) is 12.8 Å². The molecule has 116 valence electrons. The second-order valence-corrected chi connectivity index (χ2v) is 6.61. The lowest BCUT2D eigenvalue weighted by atomic mass is 9.80. The minimum Gasteiger partial charge on any atom is -0.490 e. The van der Waals surface area contributed by atoms with E-state index in [1.807, 2.05) is 24.3 Å². The Kier molecular flexibility index (Phi) is 4.41. The molecule has 3 heteroatoms. The molecule has 1 aliphatic rings. The first-order valence-electron chi connectivity index (χ1n) is 8.18. The van der Waals surface area contributed by atoms with Crippen LogP contribution in [0.1, 0.15) is 50.0 Å². The fraction of sp³-hybridized carbons (Fsp3) is 0.474. The van der Waals surface area contributed by atoms with Crippen LogP contribution in [0.4, 0.5) is 0 Å². The lowest BCUT2D eigenvalue weighted by Crippen LogP contribution is -2.26. The molecule has 1 saturated carbocycles. The van der Waals surface area contributed by atoms with Gasteiger partial charge in [-0.25, -0.2) is 4.98 Å². The van der Waals surface area contributed by atoms with Crippen molar-refractivity contribution in [3.63, 3.8) is 0 Å². The van der Waals surface area contributed by atoms with Gasteiger partial charge in [0.05, 0.1) is 11.6 Å². The molecule has 1 aromatic heterocycles. The van der Waals surface area contributed by atoms with Crippen molar-refractivity contribution in [2.24, 2.45) is 11.8 Å². The third-order valence-corrected chi connectivity index (χ3v) is 4.77. The Morgan fingerprint density at radius 1 is 1.14 bits per heavy atom. The number of hydrogen-bond donors (Lipinski definition) is 0. The summed E-state index contributed by atoms with van der Waals surface area (Å²) in [6, 6.07) is 9.57. The Hall–Kier alpha value is -1.90. The molecule has 22 heavy (non-hydrogen) atoms. The third-order valence-electron chi connectivity index (χ3n) is 4.77. The van der Waals surface area contributed by atoms with Gasteiger partial charge in [0.1, 0.15) is 11.4 Å². The molecule has 0 bridgehead atoms. The first kappa shape index (κ1) is 15.0. The summed E-state index contributed by atoms with van der Waals surface area (Å²) in [4.78, 5) is 15.1. The molecule has 0 spiro atoms. The van der Waals surface area contributed by atoms with E-state index < -0.39 is 0 Å². The van der Waals surface area contributed by atoms with Gasteiger partial charge in [-0.1, -0.05) is 19.9 Å². The lowest BCUT2D eigenvalue weighted by molar-refractivity contribution is 0.111. The zero-order valence-electron chi connectivity index (χ0n) is 13.3. The van der Waals surface area contributed by atoms with Crippen molar-refractivity contribution in [1.82, 2.24) is 4.98 Å². The van der Waals surface area contributed by atoms with Gasteiger partial charge in [0.15, 0.2) is 6.29 Å². The molecule has 0 N–H and O–H groups in total. The van der Waals surface area contributed by atoms with Crippen LogP contribution in [0.5, 0.6) is 5.75 Å². The van der Waals surface area contributed by atoms with Gasteiger partial charge in [-0.05, 0) is 61.8 Å². The van der Waals surface area contributed by atoms with Crippen LogP contribution in [0.2, 0.25) is 0 Å². The van der Waals surface area contributed by atoms with Gasteiger partial charge < -0.3 is 4.74 Å². The van der Waals surface area contributed by atoms with Crippen molar-refractivity contribution in [3.8, 4) is 5.75 Å². The van der Waals surface area contributed by atoms with E-state index in [1.54, 1.807) is 6.07 Å². The maximum atomic E-state index is 10.8. The molecule has 1 fully saturated rings. The summed E-state index contributed by atoms with van der Waals surface area (Å²) in [5, 5.41) is 1.01. The number of pyridine rings is 1. The first-order chi connectivity index (χ1) is 10.7. The zero-order chi connectivity index (χ0) is 15.5. The quantitative estimate of drug-likeness (QED) is 0.772. The van der Waals surface area contributed by atoms with Gasteiger partial charge in [-0.2, -0.15) is 0 Å². The minimum atomic E-state index is 0.328. The molecule has 0 atom stereocenters. The molecule has 3 rings (SSSR count). The highest BCUT2D eigenvalue weighted by Crippen LogP contribution is 2.32. The minimum absolute atomic E-state index is 0.328. The molecule has 1 aromatic carbocycles. The van der Waals surface area contributed by atoms with Crippen molar-refractivity contribution in [2.75, 3.05) is 0 Å².